The van der Waals surface area contributed by atoms with E-state index in [1.165, 1.54) is 0 Å². The van der Waals surface area contributed by atoms with Crippen LogP contribution in [-0.4, -0.2) is 44.1 Å². The van der Waals surface area contributed by atoms with E-state index < -0.39 is 0 Å². The van der Waals surface area contributed by atoms with Gasteiger partial charge in [0.05, 0.1) is 28.7 Å². The van der Waals surface area contributed by atoms with Crippen LogP contribution in [0.15, 0.2) is 67.1 Å². The highest BCUT2D eigenvalue weighted by Gasteiger charge is 2.22. The molecule has 6 aromatic rings. The van der Waals surface area contributed by atoms with E-state index in [0.717, 1.165) is 22.2 Å². The van der Waals surface area contributed by atoms with Gasteiger partial charge in [0.15, 0.2) is 17.1 Å². The minimum absolute atomic E-state index is 0.0516. The topological polar surface area (TPSA) is 122 Å². The Bertz CT molecular complexity index is 1730. The fourth-order valence-corrected chi connectivity index (χ4v) is 4.29. The maximum Gasteiger partial charge on any atom is 0.312 e. The number of hydrogen-bond donors (Lipinski definition) is 0. The van der Waals surface area contributed by atoms with Crippen molar-refractivity contribution in [3.8, 4) is 17.1 Å². The van der Waals surface area contributed by atoms with Gasteiger partial charge in [0.1, 0.15) is 17.7 Å². The van der Waals surface area contributed by atoms with Gasteiger partial charge in [0, 0.05) is 5.56 Å². The van der Waals surface area contributed by atoms with Crippen LogP contribution < -0.4 is 0 Å². The summed E-state index contributed by atoms with van der Waals surface area (Å²) in [5.74, 6) is 0.549. The summed E-state index contributed by atoms with van der Waals surface area (Å²) in [6.07, 6.45) is 3.38. The van der Waals surface area contributed by atoms with Gasteiger partial charge in [-0.1, -0.05) is 36.4 Å². The van der Waals surface area contributed by atoms with Crippen LogP contribution in [0, 0.1) is 24.0 Å². The molecule has 0 atom stereocenters. The van der Waals surface area contributed by atoms with Crippen molar-refractivity contribution >= 4 is 22.4 Å². The van der Waals surface area contributed by atoms with Crippen LogP contribution in [0.3, 0.4) is 0 Å². The predicted molar refractivity (Wildman–Crippen MR) is 128 cm³/mol. The lowest BCUT2D eigenvalue weighted by molar-refractivity contribution is -0.386. The van der Waals surface area contributed by atoms with Gasteiger partial charge in [-0.05, 0) is 37.6 Å². The number of hydrogen-bond acceptors (Lipinski definition) is 7. The second-order valence-electron chi connectivity index (χ2n) is 8.21. The summed E-state index contributed by atoms with van der Waals surface area (Å²) in [5.41, 5.74) is 5.00. The Morgan fingerprint density at radius 2 is 1.83 bits per heavy atom. The molecule has 0 N–H and O–H groups in total. The lowest BCUT2D eigenvalue weighted by atomic mass is 10.1. The molecule has 0 unspecified atom stereocenters. The second kappa shape index (κ2) is 7.83. The van der Waals surface area contributed by atoms with E-state index in [4.69, 9.17) is 4.98 Å². The molecule has 172 valence electrons. The first-order valence-electron chi connectivity index (χ1n) is 10.9. The normalized spacial score (nSPS) is 11.5. The first-order chi connectivity index (χ1) is 17.0. The largest absolute Gasteiger partial charge is 0.312 e. The standard InChI is InChI=1S/C24H19N9O2/c1-15-21(33(34)35)16(2)30(28-15)13-17-7-6-8-18(11-17)22-27-24-20-12-26-32(19-9-4-3-5-10-19)23(20)25-14-31(24)29-22/h3-12,14H,13H2,1-2H3. The lowest BCUT2D eigenvalue weighted by Crippen LogP contribution is -2.04. The SMILES string of the molecule is Cc1nn(Cc2cccc(-c3nc4c5cnn(-c6ccccc6)c5ncn4n3)c2)c(C)c1[N+](=O)[O-]. The average molecular weight is 465 g/mol. The summed E-state index contributed by atoms with van der Waals surface area (Å²) in [7, 11) is 0. The van der Waals surface area contributed by atoms with Crippen LogP contribution in [0.4, 0.5) is 5.69 Å². The van der Waals surface area contributed by atoms with Crippen LogP contribution in [-0.2, 0) is 6.54 Å². The van der Waals surface area contributed by atoms with Crippen molar-refractivity contribution in [3.05, 3.63) is 94.2 Å². The Morgan fingerprint density at radius 1 is 1.00 bits per heavy atom. The Kier molecular flexibility index (Phi) is 4.62. The van der Waals surface area contributed by atoms with E-state index in [1.807, 2.05) is 54.6 Å². The van der Waals surface area contributed by atoms with Crippen LogP contribution in [0.5, 0.6) is 0 Å². The highest BCUT2D eigenvalue weighted by molar-refractivity contribution is 5.90. The molecule has 11 heteroatoms. The van der Waals surface area contributed by atoms with Crippen LogP contribution in [0.1, 0.15) is 17.0 Å². The van der Waals surface area contributed by atoms with Gasteiger partial charge in [-0.15, -0.1) is 5.10 Å². The number of aryl methyl sites for hydroxylation is 1. The molecule has 0 aliphatic rings. The molecule has 0 aliphatic heterocycles. The molecule has 0 bridgehead atoms. The highest BCUT2D eigenvalue weighted by Crippen LogP contribution is 2.25. The van der Waals surface area contributed by atoms with Crippen molar-refractivity contribution in [3.63, 3.8) is 0 Å². The Hall–Kier alpha value is -4.93. The summed E-state index contributed by atoms with van der Waals surface area (Å²) >= 11 is 0. The average Bonchev–Trinajstić information content (AvgIpc) is 3.55. The summed E-state index contributed by atoms with van der Waals surface area (Å²) in [6, 6.07) is 17.6. The molecule has 4 heterocycles. The molecule has 0 fully saturated rings. The van der Waals surface area contributed by atoms with E-state index in [-0.39, 0.29) is 10.6 Å². The van der Waals surface area contributed by atoms with Gasteiger partial charge in [-0.3, -0.25) is 14.8 Å². The van der Waals surface area contributed by atoms with E-state index in [9.17, 15) is 10.1 Å². The summed E-state index contributed by atoms with van der Waals surface area (Å²) in [5, 5.41) is 25.6. The number of nitrogens with zero attached hydrogens (tertiary/aromatic N) is 9. The monoisotopic (exact) mass is 465 g/mol. The molecule has 0 aliphatic carbocycles. The van der Waals surface area contributed by atoms with Gasteiger partial charge >= 0.3 is 5.69 Å². The Balaban J connectivity index is 1.37. The van der Waals surface area contributed by atoms with Gasteiger partial charge in [0.2, 0.25) is 0 Å². The van der Waals surface area contributed by atoms with E-state index >= 15 is 0 Å². The van der Waals surface area contributed by atoms with Crippen molar-refractivity contribution in [1.82, 2.24) is 39.1 Å². The molecular weight excluding hydrogens is 446 g/mol. The second-order valence-corrected chi connectivity index (χ2v) is 8.21. The first-order valence-corrected chi connectivity index (χ1v) is 10.9. The van der Waals surface area contributed by atoms with Crippen LogP contribution in [0.25, 0.3) is 33.8 Å². The molecule has 6 rings (SSSR count). The molecule has 2 aromatic carbocycles. The fourth-order valence-electron chi connectivity index (χ4n) is 4.29. The van der Waals surface area contributed by atoms with E-state index in [1.54, 1.807) is 40.3 Å². The zero-order valence-corrected chi connectivity index (χ0v) is 18.9. The maximum absolute atomic E-state index is 11.3. The third kappa shape index (κ3) is 3.41. The first kappa shape index (κ1) is 20.7. The van der Waals surface area contributed by atoms with Crippen LogP contribution >= 0.6 is 0 Å². The maximum atomic E-state index is 11.3. The summed E-state index contributed by atoms with van der Waals surface area (Å²) in [6.45, 7) is 3.75. The number of fused-ring (bicyclic) bond motifs is 3. The molecule has 0 saturated heterocycles. The minimum atomic E-state index is -0.389. The smallest absolute Gasteiger partial charge is 0.258 e. The fraction of sp³-hybridized carbons (Fsp3) is 0.125. The van der Waals surface area contributed by atoms with E-state index in [2.05, 4.69) is 20.3 Å². The van der Waals surface area contributed by atoms with E-state index in [0.29, 0.717) is 35.1 Å². The number of rotatable bonds is 5. The molecular formula is C24H19N9O2. The van der Waals surface area contributed by atoms with Crippen molar-refractivity contribution in [2.75, 3.05) is 0 Å². The lowest BCUT2D eigenvalue weighted by Gasteiger charge is -2.05. The Morgan fingerprint density at radius 3 is 2.60 bits per heavy atom. The molecule has 4 aromatic heterocycles. The number of para-hydroxylation sites is 1. The zero-order valence-electron chi connectivity index (χ0n) is 18.9. The van der Waals surface area contributed by atoms with Crippen molar-refractivity contribution < 1.29 is 4.92 Å². The van der Waals surface area contributed by atoms with Gasteiger partial charge < -0.3 is 0 Å². The molecule has 0 saturated carbocycles. The highest BCUT2D eigenvalue weighted by atomic mass is 16.6. The zero-order chi connectivity index (χ0) is 24.1. The van der Waals surface area contributed by atoms with Gasteiger partial charge in [0.25, 0.3) is 0 Å². The number of aromatic nitrogens is 8. The predicted octanol–water partition coefficient (Wildman–Crippen LogP) is 3.90. The quantitative estimate of drug-likeness (QED) is 0.279. The molecule has 0 amide bonds. The van der Waals surface area contributed by atoms with Gasteiger partial charge in [-0.25, -0.2) is 19.2 Å². The number of benzene rings is 2. The minimum Gasteiger partial charge on any atom is -0.258 e. The summed E-state index contributed by atoms with van der Waals surface area (Å²) in [4.78, 5) is 20.3. The molecule has 11 nitrogen and oxygen atoms in total. The third-order valence-corrected chi connectivity index (χ3v) is 5.95. The Labute approximate surface area is 198 Å². The van der Waals surface area contributed by atoms with Crippen molar-refractivity contribution in [2.24, 2.45) is 0 Å². The molecule has 0 radical (unpaired) electrons. The van der Waals surface area contributed by atoms with Crippen LogP contribution in [0.2, 0.25) is 0 Å². The molecule has 35 heavy (non-hydrogen) atoms. The van der Waals surface area contributed by atoms with Gasteiger partial charge in [-0.2, -0.15) is 10.2 Å². The third-order valence-electron chi connectivity index (χ3n) is 5.95. The summed E-state index contributed by atoms with van der Waals surface area (Å²) < 4.78 is 5.07. The van der Waals surface area contributed by atoms with Crippen molar-refractivity contribution in [2.45, 2.75) is 20.4 Å². The number of nitro groups is 1. The molecule has 0 spiro atoms. The van der Waals surface area contributed by atoms with Crippen molar-refractivity contribution in [1.29, 1.82) is 0 Å².